The molecule has 104 valence electrons. The molecule has 0 aromatic heterocycles. The normalized spacial score (nSPS) is 20.6. The third-order valence-corrected chi connectivity index (χ3v) is 5.38. The monoisotopic (exact) mass is 351 g/mol. The van der Waals surface area contributed by atoms with E-state index in [0.29, 0.717) is 4.47 Å². The van der Waals surface area contributed by atoms with Gasteiger partial charge in [0.2, 0.25) is 10.0 Å². The van der Waals surface area contributed by atoms with E-state index in [1.54, 1.807) is 0 Å². The van der Waals surface area contributed by atoms with E-state index in [2.05, 4.69) is 15.9 Å². The van der Waals surface area contributed by atoms with Crippen LogP contribution in [0.3, 0.4) is 0 Å². The number of benzene rings is 1. The number of hydrogen-bond acceptors (Lipinski definition) is 3. The van der Waals surface area contributed by atoms with Crippen LogP contribution in [0, 0.1) is 11.7 Å². The zero-order valence-corrected chi connectivity index (χ0v) is 12.1. The summed E-state index contributed by atoms with van der Waals surface area (Å²) in [6, 6.07) is 3.64. The lowest BCUT2D eigenvalue weighted by Crippen LogP contribution is -2.30. The van der Waals surface area contributed by atoms with Crippen LogP contribution in [0.25, 0.3) is 0 Å². The molecule has 0 aliphatic carbocycles. The van der Waals surface area contributed by atoms with E-state index in [1.165, 1.54) is 12.1 Å². The number of hydrogen-bond donors (Lipinski definition) is 1. The molecule has 0 bridgehead atoms. The summed E-state index contributed by atoms with van der Waals surface area (Å²) in [7, 11) is -3.99. The lowest BCUT2D eigenvalue weighted by atomic mass is 10.1. The summed E-state index contributed by atoms with van der Waals surface area (Å²) < 4.78 is 39.6. The minimum Gasteiger partial charge on any atom is -0.481 e. The number of sulfonamides is 1. The Bertz CT molecular complexity index is 619. The van der Waals surface area contributed by atoms with Crippen LogP contribution in [0.1, 0.15) is 6.42 Å². The molecule has 0 saturated carbocycles. The average Bonchev–Trinajstić information content (AvgIpc) is 2.82. The van der Waals surface area contributed by atoms with Crippen LogP contribution in [-0.2, 0) is 14.8 Å². The molecule has 1 heterocycles. The largest absolute Gasteiger partial charge is 0.481 e. The van der Waals surface area contributed by atoms with Crippen LogP contribution in [0.2, 0.25) is 0 Å². The molecule has 5 nitrogen and oxygen atoms in total. The Kier molecular flexibility index (Phi) is 3.93. The maximum atomic E-state index is 13.6. The van der Waals surface area contributed by atoms with Gasteiger partial charge in [-0.15, -0.1) is 0 Å². The van der Waals surface area contributed by atoms with Gasteiger partial charge in [-0.2, -0.15) is 4.31 Å². The van der Waals surface area contributed by atoms with Gasteiger partial charge in [0, 0.05) is 17.6 Å². The molecule has 1 aromatic carbocycles. The van der Waals surface area contributed by atoms with E-state index in [9.17, 15) is 17.6 Å². The quantitative estimate of drug-likeness (QED) is 0.898. The molecule has 0 spiro atoms. The molecule has 1 N–H and O–H groups in total. The van der Waals surface area contributed by atoms with Gasteiger partial charge in [-0.1, -0.05) is 15.9 Å². The van der Waals surface area contributed by atoms with Gasteiger partial charge < -0.3 is 5.11 Å². The van der Waals surface area contributed by atoms with Crippen molar-refractivity contribution in [2.24, 2.45) is 5.92 Å². The van der Waals surface area contributed by atoms with Gasteiger partial charge in [0.25, 0.3) is 0 Å². The number of carboxylic acids is 1. The maximum Gasteiger partial charge on any atom is 0.307 e. The molecule has 0 radical (unpaired) electrons. The number of aliphatic carboxylic acids is 1. The first-order valence-corrected chi connectivity index (χ1v) is 7.73. The minimum atomic E-state index is -3.99. The lowest BCUT2D eigenvalue weighted by Gasteiger charge is -2.16. The SMILES string of the molecule is O=C(O)C1CCN(S(=O)(=O)c2cc(Br)ccc2F)C1. The van der Waals surface area contributed by atoms with Crippen molar-refractivity contribution in [3.63, 3.8) is 0 Å². The highest BCUT2D eigenvalue weighted by atomic mass is 79.9. The fraction of sp³-hybridized carbons (Fsp3) is 0.364. The Morgan fingerprint density at radius 3 is 2.74 bits per heavy atom. The predicted octanol–water partition coefficient (Wildman–Crippen LogP) is 1.68. The highest BCUT2D eigenvalue weighted by Crippen LogP contribution is 2.27. The third-order valence-electron chi connectivity index (χ3n) is 3.01. The second kappa shape index (κ2) is 5.18. The molecule has 1 aliphatic heterocycles. The van der Waals surface area contributed by atoms with Crippen LogP contribution in [-0.4, -0.2) is 36.9 Å². The zero-order valence-electron chi connectivity index (χ0n) is 9.71. The maximum absolute atomic E-state index is 13.6. The number of carboxylic acid groups (broad SMARTS) is 1. The summed E-state index contributed by atoms with van der Waals surface area (Å²) >= 11 is 3.09. The molecule has 19 heavy (non-hydrogen) atoms. The summed E-state index contributed by atoms with van der Waals surface area (Å²) in [4.78, 5) is 10.4. The molecule has 1 fully saturated rings. The first-order chi connectivity index (χ1) is 8.82. The number of carbonyl (C=O) groups is 1. The van der Waals surface area contributed by atoms with Crippen molar-refractivity contribution in [1.29, 1.82) is 0 Å². The zero-order chi connectivity index (χ0) is 14.2. The van der Waals surface area contributed by atoms with Crippen molar-refractivity contribution in [3.05, 3.63) is 28.5 Å². The molecular weight excluding hydrogens is 341 g/mol. The van der Waals surface area contributed by atoms with Gasteiger partial charge >= 0.3 is 5.97 Å². The molecule has 8 heteroatoms. The highest BCUT2D eigenvalue weighted by molar-refractivity contribution is 9.10. The summed E-state index contributed by atoms with van der Waals surface area (Å²) in [5.74, 6) is -2.61. The van der Waals surface area contributed by atoms with Crippen LogP contribution < -0.4 is 0 Å². The van der Waals surface area contributed by atoms with Gasteiger partial charge in [-0.3, -0.25) is 4.79 Å². The van der Waals surface area contributed by atoms with Crippen molar-refractivity contribution in [3.8, 4) is 0 Å². The smallest absolute Gasteiger partial charge is 0.307 e. The fourth-order valence-corrected chi connectivity index (χ4v) is 4.07. The number of halogens is 2. The van der Waals surface area contributed by atoms with Gasteiger partial charge in [-0.25, -0.2) is 12.8 Å². The van der Waals surface area contributed by atoms with E-state index in [-0.39, 0.29) is 19.5 Å². The van der Waals surface area contributed by atoms with Crippen LogP contribution in [0.5, 0.6) is 0 Å². The van der Waals surface area contributed by atoms with Gasteiger partial charge in [0.05, 0.1) is 5.92 Å². The predicted molar refractivity (Wildman–Crippen MR) is 68.6 cm³/mol. The Morgan fingerprint density at radius 1 is 1.47 bits per heavy atom. The molecule has 0 amide bonds. The Hall–Kier alpha value is -0.990. The lowest BCUT2D eigenvalue weighted by molar-refractivity contribution is -0.141. The topological polar surface area (TPSA) is 74.7 Å². The second-order valence-electron chi connectivity index (χ2n) is 4.26. The van der Waals surface area contributed by atoms with E-state index in [1.807, 2.05) is 0 Å². The number of nitrogens with zero attached hydrogens (tertiary/aromatic N) is 1. The van der Waals surface area contributed by atoms with Gasteiger partial charge in [0.1, 0.15) is 10.7 Å². The summed E-state index contributed by atoms with van der Waals surface area (Å²) in [6.45, 7) is -0.0329. The first-order valence-electron chi connectivity index (χ1n) is 5.50. The standard InChI is InChI=1S/C11H11BrFNO4S/c12-8-1-2-9(13)10(5-8)19(17,18)14-4-3-7(6-14)11(15)16/h1-2,5,7H,3-4,6H2,(H,15,16). The molecule has 1 unspecified atom stereocenters. The van der Waals surface area contributed by atoms with Crippen LogP contribution in [0.4, 0.5) is 4.39 Å². The Labute approximate surface area is 118 Å². The molecule has 1 aliphatic rings. The van der Waals surface area contributed by atoms with E-state index in [4.69, 9.17) is 5.11 Å². The van der Waals surface area contributed by atoms with Crippen molar-refractivity contribution in [2.75, 3.05) is 13.1 Å². The van der Waals surface area contributed by atoms with E-state index >= 15 is 0 Å². The second-order valence-corrected chi connectivity index (χ2v) is 7.08. The van der Waals surface area contributed by atoms with Crippen LogP contribution >= 0.6 is 15.9 Å². The first kappa shape index (κ1) is 14.4. The highest BCUT2D eigenvalue weighted by Gasteiger charge is 2.37. The molecular formula is C11H11BrFNO4S. The molecule has 1 atom stereocenters. The molecule has 2 rings (SSSR count). The van der Waals surface area contributed by atoms with Gasteiger partial charge in [0.15, 0.2) is 0 Å². The summed E-state index contributed by atoms with van der Waals surface area (Å²) in [5, 5.41) is 8.86. The van der Waals surface area contributed by atoms with E-state index < -0.39 is 32.6 Å². The molecule has 1 saturated heterocycles. The molecule has 1 aromatic rings. The van der Waals surface area contributed by atoms with Crippen molar-refractivity contribution in [2.45, 2.75) is 11.3 Å². The third kappa shape index (κ3) is 2.80. The Balaban J connectivity index is 2.33. The number of rotatable bonds is 3. The van der Waals surface area contributed by atoms with Crippen molar-refractivity contribution < 1.29 is 22.7 Å². The van der Waals surface area contributed by atoms with Crippen molar-refractivity contribution >= 4 is 31.9 Å². The summed E-state index contributed by atoms with van der Waals surface area (Å²) in [5.41, 5.74) is 0. The van der Waals surface area contributed by atoms with Gasteiger partial charge in [-0.05, 0) is 24.6 Å². The summed E-state index contributed by atoms with van der Waals surface area (Å²) in [6.07, 6.45) is 0.240. The minimum absolute atomic E-state index is 0.0885. The fourth-order valence-electron chi connectivity index (χ4n) is 1.96. The average molecular weight is 352 g/mol. The van der Waals surface area contributed by atoms with Crippen molar-refractivity contribution in [1.82, 2.24) is 4.31 Å². The van der Waals surface area contributed by atoms with E-state index in [0.717, 1.165) is 10.4 Å². The van der Waals surface area contributed by atoms with Crippen LogP contribution in [0.15, 0.2) is 27.6 Å². The Morgan fingerprint density at radius 2 is 2.16 bits per heavy atom.